The summed E-state index contributed by atoms with van der Waals surface area (Å²) in [6, 6.07) is 0. The van der Waals surface area contributed by atoms with E-state index in [1.165, 1.54) is 0 Å². The van der Waals surface area contributed by atoms with Crippen LogP contribution in [0, 0.1) is 13.8 Å². The zero-order chi connectivity index (χ0) is 12.1. The molecule has 0 spiro atoms. The van der Waals surface area contributed by atoms with E-state index < -0.39 is 0 Å². The maximum atomic E-state index is 5.90. The van der Waals surface area contributed by atoms with E-state index >= 15 is 0 Å². The summed E-state index contributed by atoms with van der Waals surface area (Å²) in [7, 11) is 1.94. The lowest BCUT2D eigenvalue weighted by Crippen LogP contribution is -2.29. The second-order valence-electron chi connectivity index (χ2n) is 4.26. The number of rotatable bonds is 6. The molecule has 1 rings (SSSR count). The average molecular weight is 225 g/mol. The van der Waals surface area contributed by atoms with Gasteiger partial charge in [0, 0.05) is 13.6 Å². The summed E-state index contributed by atoms with van der Waals surface area (Å²) >= 11 is 0. The van der Waals surface area contributed by atoms with Gasteiger partial charge in [-0.3, -0.25) is 4.68 Å². The van der Waals surface area contributed by atoms with Crippen molar-refractivity contribution in [3.63, 3.8) is 0 Å². The fourth-order valence-electron chi connectivity index (χ4n) is 1.65. The van der Waals surface area contributed by atoms with E-state index in [0.29, 0.717) is 0 Å². The molecular weight excluding hydrogens is 202 g/mol. The Morgan fingerprint density at radius 1 is 1.44 bits per heavy atom. The molecule has 0 amide bonds. The molecular formula is C12H23N3O. The molecule has 0 aliphatic rings. The SMILES string of the molecule is CCCNCC(C)Oc1c(C)nn(C)c1C. The second-order valence-corrected chi connectivity index (χ2v) is 4.26. The van der Waals surface area contributed by atoms with E-state index in [2.05, 4.69) is 24.3 Å². The van der Waals surface area contributed by atoms with Gasteiger partial charge in [-0.2, -0.15) is 5.10 Å². The Morgan fingerprint density at radius 2 is 2.12 bits per heavy atom. The first-order chi connectivity index (χ1) is 7.56. The van der Waals surface area contributed by atoms with Gasteiger partial charge < -0.3 is 10.1 Å². The van der Waals surface area contributed by atoms with Gasteiger partial charge in [0.05, 0.1) is 5.69 Å². The molecule has 0 aromatic carbocycles. The van der Waals surface area contributed by atoms with E-state index in [-0.39, 0.29) is 6.10 Å². The van der Waals surface area contributed by atoms with Crippen molar-refractivity contribution < 1.29 is 4.74 Å². The Morgan fingerprint density at radius 3 is 2.62 bits per heavy atom. The summed E-state index contributed by atoms with van der Waals surface area (Å²) in [5, 5.41) is 7.68. The fourth-order valence-corrected chi connectivity index (χ4v) is 1.65. The van der Waals surface area contributed by atoms with Crippen molar-refractivity contribution in [2.45, 2.75) is 40.2 Å². The third kappa shape index (κ3) is 3.23. The van der Waals surface area contributed by atoms with Gasteiger partial charge in [-0.1, -0.05) is 6.92 Å². The zero-order valence-electron chi connectivity index (χ0n) is 11.0. The van der Waals surface area contributed by atoms with Crippen molar-refractivity contribution in [1.82, 2.24) is 15.1 Å². The molecule has 0 fully saturated rings. The normalized spacial score (nSPS) is 12.8. The lowest BCUT2D eigenvalue weighted by atomic mass is 10.3. The highest BCUT2D eigenvalue weighted by Crippen LogP contribution is 2.22. The number of hydrogen-bond acceptors (Lipinski definition) is 3. The minimum absolute atomic E-state index is 0.174. The molecule has 1 unspecified atom stereocenters. The molecule has 0 saturated carbocycles. The summed E-state index contributed by atoms with van der Waals surface area (Å²) in [5.41, 5.74) is 2.04. The molecule has 92 valence electrons. The van der Waals surface area contributed by atoms with Crippen LogP contribution in [0.25, 0.3) is 0 Å². The molecule has 0 saturated heterocycles. The molecule has 4 heteroatoms. The first-order valence-electron chi connectivity index (χ1n) is 5.93. The van der Waals surface area contributed by atoms with Crippen LogP contribution < -0.4 is 10.1 Å². The van der Waals surface area contributed by atoms with Crippen LogP contribution in [0.1, 0.15) is 31.7 Å². The molecule has 1 atom stereocenters. The molecule has 0 radical (unpaired) electrons. The van der Waals surface area contributed by atoms with E-state index in [0.717, 1.165) is 36.6 Å². The molecule has 4 nitrogen and oxygen atoms in total. The van der Waals surface area contributed by atoms with Gasteiger partial charge in [0.1, 0.15) is 11.8 Å². The number of aryl methyl sites for hydroxylation is 2. The van der Waals surface area contributed by atoms with Crippen molar-refractivity contribution in [3.8, 4) is 5.75 Å². The lowest BCUT2D eigenvalue weighted by Gasteiger charge is -2.15. The van der Waals surface area contributed by atoms with Gasteiger partial charge in [-0.15, -0.1) is 0 Å². The topological polar surface area (TPSA) is 39.1 Å². The Hall–Kier alpha value is -1.03. The van der Waals surface area contributed by atoms with Crippen LogP contribution >= 0.6 is 0 Å². The van der Waals surface area contributed by atoms with Crippen LogP contribution in [-0.4, -0.2) is 29.0 Å². The number of nitrogens with zero attached hydrogens (tertiary/aromatic N) is 2. The predicted octanol–water partition coefficient (Wildman–Crippen LogP) is 1.80. The second kappa shape index (κ2) is 5.89. The van der Waals surface area contributed by atoms with Crippen LogP contribution in [0.15, 0.2) is 0 Å². The first kappa shape index (κ1) is 13.0. The molecule has 0 bridgehead atoms. The molecule has 0 aliphatic carbocycles. The standard InChI is InChI=1S/C12H23N3O/c1-6-7-13-8-9(2)16-12-10(3)14-15(5)11(12)4/h9,13H,6-8H2,1-5H3. The van der Waals surface area contributed by atoms with Crippen LogP contribution in [0.5, 0.6) is 5.75 Å². The molecule has 16 heavy (non-hydrogen) atoms. The molecule has 0 aliphatic heterocycles. The maximum absolute atomic E-state index is 5.90. The van der Waals surface area contributed by atoms with Gasteiger partial charge in [0.2, 0.25) is 0 Å². The smallest absolute Gasteiger partial charge is 0.163 e. The van der Waals surface area contributed by atoms with E-state index in [9.17, 15) is 0 Å². The van der Waals surface area contributed by atoms with Crippen molar-refractivity contribution >= 4 is 0 Å². The number of nitrogens with one attached hydrogen (secondary N) is 1. The molecule has 1 aromatic heterocycles. The van der Waals surface area contributed by atoms with Gasteiger partial charge in [-0.25, -0.2) is 0 Å². The summed E-state index contributed by atoms with van der Waals surface area (Å²) in [4.78, 5) is 0. The van der Waals surface area contributed by atoms with Crippen molar-refractivity contribution in [1.29, 1.82) is 0 Å². The highest BCUT2D eigenvalue weighted by Gasteiger charge is 2.13. The monoisotopic (exact) mass is 225 g/mol. The fraction of sp³-hybridized carbons (Fsp3) is 0.750. The van der Waals surface area contributed by atoms with E-state index in [1.807, 2.05) is 25.6 Å². The third-order valence-corrected chi connectivity index (χ3v) is 2.62. The summed E-state index contributed by atoms with van der Waals surface area (Å²) in [6.45, 7) is 10.2. The predicted molar refractivity (Wildman–Crippen MR) is 65.9 cm³/mol. The Labute approximate surface area is 98.0 Å². The van der Waals surface area contributed by atoms with Crippen molar-refractivity contribution in [2.24, 2.45) is 7.05 Å². The van der Waals surface area contributed by atoms with E-state index in [4.69, 9.17) is 4.74 Å². The largest absolute Gasteiger partial charge is 0.486 e. The summed E-state index contributed by atoms with van der Waals surface area (Å²) < 4.78 is 7.76. The quantitative estimate of drug-likeness (QED) is 0.750. The highest BCUT2D eigenvalue weighted by atomic mass is 16.5. The van der Waals surface area contributed by atoms with Gasteiger partial charge in [0.25, 0.3) is 0 Å². The first-order valence-corrected chi connectivity index (χ1v) is 5.93. The summed E-state index contributed by atoms with van der Waals surface area (Å²) in [6.07, 6.45) is 1.32. The average Bonchev–Trinajstić information content (AvgIpc) is 2.46. The molecule has 1 heterocycles. The lowest BCUT2D eigenvalue weighted by molar-refractivity contribution is 0.214. The van der Waals surface area contributed by atoms with Crippen LogP contribution in [0.4, 0.5) is 0 Å². The maximum Gasteiger partial charge on any atom is 0.163 e. The van der Waals surface area contributed by atoms with Gasteiger partial charge in [-0.05, 0) is 33.7 Å². The van der Waals surface area contributed by atoms with Crippen LogP contribution in [0.2, 0.25) is 0 Å². The number of hydrogen-bond donors (Lipinski definition) is 1. The number of ether oxygens (including phenoxy) is 1. The van der Waals surface area contributed by atoms with Crippen molar-refractivity contribution in [3.05, 3.63) is 11.4 Å². The molecule has 1 N–H and O–H groups in total. The summed E-state index contributed by atoms with van der Waals surface area (Å²) in [5.74, 6) is 0.924. The minimum Gasteiger partial charge on any atom is -0.486 e. The minimum atomic E-state index is 0.174. The van der Waals surface area contributed by atoms with Gasteiger partial charge >= 0.3 is 0 Å². The Bertz CT molecular complexity index is 333. The van der Waals surface area contributed by atoms with Gasteiger partial charge in [0.15, 0.2) is 5.75 Å². The Balaban J connectivity index is 2.52. The zero-order valence-corrected chi connectivity index (χ0v) is 11.0. The molecule has 1 aromatic rings. The van der Waals surface area contributed by atoms with Crippen molar-refractivity contribution in [2.75, 3.05) is 13.1 Å². The number of aromatic nitrogens is 2. The highest BCUT2D eigenvalue weighted by molar-refractivity contribution is 5.31. The van der Waals surface area contributed by atoms with E-state index in [1.54, 1.807) is 0 Å². The Kier molecular flexibility index (Phi) is 4.80. The van der Waals surface area contributed by atoms with Crippen LogP contribution in [0.3, 0.4) is 0 Å². The van der Waals surface area contributed by atoms with Crippen LogP contribution in [-0.2, 0) is 7.05 Å². The third-order valence-electron chi connectivity index (χ3n) is 2.62.